The minimum atomic E-state index is -1.00. The Hall–Kier alpha value is -2.05. The number of anilines is 1. The molecule has 0 bridgehead atoms. The van der Waals surface area contributed by atoms with Gasteiger partial charge in [0.15, 0.2) is 0 Å². The monoisotopic (exact) mass is 373 g/mol. The lowest BCUT2D eigenvalue weighted by Gasteiger charge is -2.16. The molecule has 0 aliphatic rings. The second kappa shape index (κ2) is 8.56. The van der Waals surface area contributed by atoms with Gasteiger partial charge in [0.2, 0.25) is 5.95 Å². The Balaban J connectivity index is 1.84. The van der Waals surface area contributed by atoms with Crippen LogP contribution in [0.3, 0.4) is 0 Å². The molecule has 1 aromatic carbocycles. The molecule has 26 heavy (non-hydrogen) atoms. The summed E-state index contributed by atoms with van der Waals surface area (Å²) in [6.07, 6.45) is 5.14. The fourth-order valence-corrected chi connectivity index (χ4v) is 4.08. The zero-order valence-electron chi connectivity index (χ0n) is 15.1. The third-order valence-electron chi connectivity index (χ3n) is 4.37. The number of benzene rings is 1. The third-order valence-corrected chi connectivity index (χ3v) is 5.47. The van der Waals surface area contributed by atoms with Crippen LogP contribution in [0, 0.1) is 5.82 Å². The number of hydrogen-bond donors (Lipinski definition) is 2. The van der Waals surface area contributed by atoms with E-state index in [-0.39, 0.29) is 5.56 Å². The Kier molecular flexibility index (Phi) is 6.16. The van der Waals surface area contributed by atoms with Gasteiger partial charge in [0.05, 0.1) is 0 Å². The van der Waals surface area contributed by atoms with Crippen LogP contribution < -0.4 is 5.32 Å². The minimum Gasteiger partial charge on any atom is -0.383 e. The van der Waals surface area contributed by atoms with Gasteiger partial charge < -0.3 is 10.4 Å². The van der Waals surface area contributed by atoms with E-state index in [2.05, 4.69) is 29.1 Å². The molecule has 3 aromatic rings. The van der Waals surface area contributed by atoms with Crippen molar-refractivity contribution in [3.05, 3.63) is 52.8 Å². The topological polar surface area (TPSA) is 58.0 Å². The number of halogens is 1. The summed E-state index contributed by atoms with van der Waals surface area (Å²) in [5.41, 5.74) is 0.274. The summed E-state index contributed by atoms with van der Waals surface area (Å²) >= 11 is 1.37. The van der Waals surface area contributed by atoms with E-state index in [0.717, 1.165) is 35.9 Å². The fraction of sp³-hybridized carbons (Fsp3) is 0.400. The zero-order valence-corrected chi connectivity index (χ0v) is 15.9. The predicted molar refractivity (Wildman–Crippen MR) is 105 cm³/mol. The number of fused-ring (bicyclic) bond motifs is 1. The molecule has 0 saturated heterocycles. The normalized spacial score (nSPS) is 12.7. The van der Waals surface area contributed by atoms with E-state index < -0.39 is 11.9 Å². The first-order valence-corrected chi connectivity index (χ1v) is 9.89. The van der Waals surface area contributed by atoms with E-state index in [4.69, 9.17) is 0 Å². The molecule has 1 atom stereocenters. The van der Waals surface area contributed by atoms with E-state index in [1.54, 1.807) is 24.4 Å². The first-order valence-electron chi connectivity index (χ1n) is 9.07. The highest BCUT2D eigenvalue weighted by Crippen LogP contribution is 2.33. The van der Waals surface area contributed by atoms with Crippen molar-refractivity contribution in [1.29, 1.82) is 0 Å². The molecule has 0 saturated carbocycles. The molecule has 2 N–H and O–H groups in total. The molecule has 2 heterocycles. The number of nitrogens with zero attached hydrogens (tertiary/aromatic N) is 2. The summed E-state index contributed by atoms with van der Waals surface area (Å²) in [6.45, 7) is 4.34. The van der Waals surface area contributed by atoms with Gasteiger partial charge in [0.1, 0.15) is 16.8 Å². The molecule has 0 spiro atoms. The van der Waals surface area contributed by atoms with E-state index in [1.807, 2.05) is 6.07 Å². The molecule has 0 radical (unpaired) electrons. The fourth-order valence-electron chi connectivity index (χ4n) is 3.07. The highest BCUT2D eigenvalue weighted by Gasteiger charge is 2.18. The number of rotatable bonds is 8. The van der Waals surface area contributed by atoms with Crippen LogP contribution in [0.15, 0.2) is 36.5 Å². The van der Waals surface area contributed by atoms with Crippen molar-refractivity contribution in [2.75, 3.05) is 5.32 Å². The Morgan fingerprint density at radius 3 is 2.62 bits per heavy atom. The van der Waals surface area contributed by atoms with Crippen molar-refractivity contribution in [3.63, 3.8) is 0 Å². The lowest BCUT2D eigenvalue weighted by molar-refractivity contribution is 0.219. The van der Waals surface area contributed by atoms with Crippen molar-refractivity contribution in [2.24, 2.45) is 0 Å². The van der Waals surface area contributed by atoms with Crippen LogP contribution in [-0.4, -0.2) is 21.1 Å². The molecular weight excluding hydrogens is 349 g/mol. The van der Waals surface area contributed by atoms with Gasteiger partial charge in [-0.2, -0.15) is 0 Å². The molecule has 6 heteroatoms. The summed E-state index contributed by atoms with van der Waals surface area (Å²) in [5.74, 6) is 0.200. The maximum Gasteiger partial charge on any atom is 0.224 e. The molecule has 4 nitrogen and oxygen atoms in total. The molecule has 0 fully saturated rings. The van der Waals surface area contributed by atoms with Crippen molar-refractivity contribution in [3.8, 4) is 0 Å². The average Bonchev–Trinajstić information content (AvgIpc) is 3.05. The lowest BCUT2D eigenvalue weighted by Crippen LogP contribution is -2.20. The van der Waals surface area contributed by atoms with Gasteiger partial charge in [-0.3, -0.25) is 0 Å². The predicted octanol–water partition coefficient (Wildman–Crippen LogP) is 5.29. The van der Waals surface area contributed by atoms with Crippen LogP contribution in [0.25, 0.3) is 10.2 Å². The number of hydrogen-bond acceptors (Lipinski definition) is 5. The van der Waals surface area contributed by atoms with Crippen LogP contribution >= 0.6 is 11.3 Å². The number of thiophene rings is 1. The zero-order chi connectivity index (χ0) is 18.5. The highest BCUT2D eigenvalue weighted by atomic mass is 32.1. The summed E-state index contributed by atoms with van der Waals surface area (Å²) in [4.78, 5) is 10.4. The SMILES string of the molecule is CCCC(CCC)Nc1ncc2cc(C(O)c3ccccc3F)sc2n1. The number of nitrogens with one attached hydrogen (secondary N) is 1. The molecule has 0 amide bonds. The smallest absolute Gasteiger partial charge is 0.224 e. The van der Waals surface area contributed by atoms with Crippen molar-refractivity contribution in [1.82, 2.24) is 9.97 Å². The molecular formula is C20H24FN3OS. The second-order valence-electron chi connectivity index (χ2n) is 6.45. The van der Waals surface area contributed by atoms with Gasteiger partial charge in [-0.1, -0.05) is 44.9 Å². The largest absolute Gasteiger partial charge is 0.383 e. The minimum absolute atomic E-state index is 0.274. The Morgan fingerprint density at radius 1 is 1.19 bits per heavy atom. The van der Waals surface area contributed by atoms with Crippen molar-refractivity contribution < 1.29 is 9.50 Å². The van der Waals surface area contributed by atoms with Crippen LogP contribution in [0.5, 0.6) is 0 Å². The summed E-state index contributed by atoms with van der Waals surface area (Å²) in [6, 6.07) is 8.49. The number of aliphatic hydroxyl groups is 1. The van der Waals surface area contributed by atoms with Crippen molar-refractivity contribution >= 4 is 27.5 Å². The van der Waals surface area contributed by atoms with Crippen LogP contribution in [-0.2, 0) is 0 Å². The average molecular weight is 373 g/mol. The Morgan fingerprint density at radius 2 is 1.92 bits per heavy atom. The van der Waals surface area contributed by atoms with Crippen LogP contribution in [0.1, 0.15) is 56.1 Å². The van der Waals surface area contributed by atoms with E-state index >= 15 is 0 Å². The Labute approximate surface area is 157 Å². The molecule has 0 aliphatic carbocycles. The Bertz CT molecular complexity index is 861. The maximum absolute atomic E-state index is 13.9. The quantitative estimate of drug-likeness (QED) is 0.563. The molecule has 3 rings (SSSR count). The third kappa shape index (κ3) is 4.19. The van der Waals surface area contributed by atoms with E-state index in [1.165, 1.54) is 17.4 Å². The van der Waals surface area contributed by atoms with Gasteiger partial charge in [0.25, 0.3) is 0 Å². The van der Waals surface area contributed by atoms with Gasteiger partial charge in [0, 0.05) is 28.1 Å². The van der Waals surface area contributed by atoms with Gasteiger partial charge in [-0.05, 0) is 25.0 Å². The van der Waals surface area contributed by atoms with Crippen molar-refractivity contribution in [2.45, 2.75) is 51.7 Å². The number of aromatic nitrogens is 2. The first kappa shape index (κ1) is 18.7. The van der Waals surface area contributed by atoms with Crippen LogP contribution in [0.2, 0.25) is 0 Å². The summed E-state index contributed by atoms with van der Waals surface area (Å²) in [7, 11) is 0. The van der Waals surface area contributed by atoms with Gasteiger partial charge in [-0.15, -0.1) is 11.3 Å². The lowest BCUT2D eigenvalue weighted by atomic mass is 10.1. The van der Waals surface area contributed by atoms with Gasteiger partial charge in [-0.25, -0.2) is 14.4 Å². The summed E-state index contributed by atoms with van der Waals surface area (Å²) < 4.78 is 13.9. The van der Waals surface area contributed by atoms with Gasteiger partial charge >= 0.3 is 0 Å². The molecule has 0 aliphatic heterocycles. The molecule has 138 valence electrons. The van der Waals surface area contributed by atoms with Crippen LogP contribution in [0.4, 0.5) is 10.3 Å². The second-order valence-corrected chi connectivity index (χ2v) is 7.51. The molecule has 1 unspecified atom stereocenters. The van der Waals surface area contributed by atoms with E-state index in [9.17, 15) is 9.50 Å². The maximum atomic E-state index is 13.9. The van der Waals surface area contributed by atoms with E-state index in [0.29, 0.717) is 16.9 Å². The summed E-state index contributed by atoms with van der Waals surface area (Å²) in [5, 5.41) is 14.8. The highest BCUT2D eigenvalue weighted by molar-refractivity contribution is 7.18. The number of aliphatic hydroxyl groups excluding tert-OH is 1. The molecule has 2 aromatic heterocycles. The standard InChI is InChI=1S/C20H24FN3OS/c1-3-7-14(8-4-2)23-20-22-12-13-11-17(26-19(13)24-20)18(25)15-9-5-6-10-16(15)21/h5-6,9-12,14,18,25H,3-4,7-8H2,1-2H3,(H,22,23,24). The first-order chi connectivity index (χ1) is 12.6.